The van der Waals surface area contributed by atoms with Gasteiger partial charge in [0.1, 0.15) is 0 Å². The lowest BCUT2D eigenvalue weighted by Crippen LogP contribution is -1.97. The zero-order valence-electron chi connectivity index (χ0n) is 5.32. The second kappa shape index (κ2) is 2.46. The molecule has 0 bridgehead atoms. The van der Waals surface area contributed by atoms with E-state index in [1.54, 1.807) is 13.8 Å². The lowest BCUT2D eigenvalue weighted by molar-refractivity contribution is -0.112. The molecule has 0 unspecified atom stereocenters. The molecule has 0 fully saturated rings. The zero-order chi connectivity index (χ0) is 6.73. The molecule has 8 heavy (non-hydrogen) atoms. The monoisotopic (exact) mass is 110 g/mol. The summed E-state index contributed by atoms with van der Waals surface area (Å²) in [5, 5.41) is 0. The van der Waals surface area contributed by atoms with Gasteiger partial charge in [-0.1, -0.05) is 13.2 Å². The molecule has 0 aromatic carbocycles. The lowest BCUT2D eigenvalue weighted by atomic mass is 10.1. The van der Waals surface area contributed by atoms with Gasteiger partial charge in [-0.15, -0.1) is 0 Å². The van der Waals surface area contributed by atoms with Gasteiger partial charge >= 0.3 is 0 Å². The van der Waals surface area contributed by atoms with E-state index in [2.05, 4.69) is 13.2 Å². The van der Waals surface area contributed by atoms with Crippen molar-refractivity contribution in [3.63, 3.8) is 0 Å². The van der Waals surface area contributed by atoms with Crippen LogP contribution >= 0.6 is 0 Å². The molecule has 1 heteroatoms. The Bertz CT molecular complexity index is 126. The highest BCUT2D eigenvalue weighted by atomic mass is 16.1. The highest BCUT2D eigenvalue weighted by Crippen LogP contribution is 1.97. The van der Waals surface area contributed by atoms with E-state index >= 15 is 0 Å². The highest BCUT2D eigenvalue weighted by Gasteiger charge is 1.99. The molecule has 0 amide bonds. The first-order valence-electron chi connectivity index (χ1n) is 2.41. The number of allylic oxidation sites excluding steroid dienone is 2. The topological polar surface area (TPSA) is 17.1 Å². The van der Waals surface area contributed by atoms with Crippen molar-refractivity contribution >= 4 is 5.78 Å². The first-order chi connectivity index (χ1) is 3.55. The summed E-state index contributed by atoms with van der Waals surface area (Å²) in [6.07, 6.45) is 0. The molecule has 0 saturated carbocycles. The molecule has 0 heterocycles. The number of rotatable bonds is 2. The van der Waals surface area contributed by atoms with Gasteiger partial charge in [0.05, 0.1) is 0 Å². The predicted molar refractivity (Wildman–Crippen MR) is 34.6 cm³/mol. The maximum Gasteiger partial charge on any atom is 0.183 e. The van der Waals surface area contributed by atoms with E-state index < -0.39 is 0 Å². The van der Waals surface area contributed by atoms with Crippen LogP contribution in [0.3, 0.4) is 0 Å². The second-order valence-corrected chi connectivity index (χ2v) is 1.89. The first-order valence-corrected chi connectivity index (χ1v) is 2.41. The van der Waals surface area contributed by atoms with Gasteiger partial charge in [-0.2, -0.15) is 0 Å². The zero-order valence-corrected chi connectivity index (χ0v) is 5.32. The summed E-state index contributed by atoms with van der Waals surface area (Å²) < 4.78 is 0. The molecule has 0 aromatic heterocycles. The van der Waals surface area contributed by atoms with Crippen LogP contribution < -0.4 is 0 Å². The minimum absolute atomic E-state index is 0.0370. The summed E-state index contributed by atoms with van der Waals surface area (Å²) in [6, 6.07) is 0. The van der Waals surface area contributed by atoms with E-state index in [0.29, 0.717) is 11.1 Å². The molecule has 0 aliphatic carbocycles. The maximum atomic E-state index is 10.6. The van der Waals surface area contributed by atoms with Gasteiger partial charge in [-0.25, -0.2) is 0 Å². The summed E-state index contributed by atoms with van der Waals surface area (Å²) in [5.41, 5.74) is 1.11. The number of hydrogen-bond acceptors (Lipinski definition) is 1. The van der Waals surface area contributed by atoms with Gasteiger partial charge in [-0.3, -0.25) is 4.79 Å². The molecule has 0 aliphatic rings. The van der Waals surface area contributed by atoms with E-state index in [-0.39, 0.29) is 5.78 Å². The molecule has 0 saturated heterocycles. The van der Waals surface area contributed by atoms with Crippen molar-refractivity contribution in [2.75, 3.05) is 0 Å². The third-order valence-electron chi connectivity index (χ3n) is 0.775. The fourth-order valence-electron chi connectivity index (χ4n) is 0.364. The SMILES string of the molecule is C=C(C)C(=O)C(=C)C. The summed E-state index contributed by atoms with van der Waals surface area (Å²) in [6.45, 7) is 10.3. The largest absolute Gasteiger partial charge is 0.289 e. The van der Waals surface area contributed by atoms with E-state index in [4.69, 9.17) is 0 Å². The predicted octanol–water partition coefficient (Wildman–Crippen LogP) is 1.71. The molecular formula is C7H10O. The summed E-state index contributed by atoms with van der Waals surface area (Å²) >= 11 is 0. The van der Waals surface area contributed by atoms with Crippen molar-refractivity contribution in [3.8, 4) is 0 Å². The minimum atomic E-state index is -0.0370. The average molecular weight is 110 g/mol. The Hall–Kier alpha value is -0.850. The standard InChI is InChI=1S/C7H10O/c1-5(2)7(8)6(3)4/h1,3H2,2,4H3. The van der Waals surface area contributed by atoms with E-state index in [1.165, 1.54) is 0 Å². The van der Waals surface area contributed by atoms with Crippen LogP contribution in [0.2, 0.25) is 0 Å². The van der Waals surface area contributed by atoms with Gasteiger partial charge in [0.25, 0.3) is 0 Å². The van der Waals surface area contributed by atoms with Crippen molar-refractivity contribution < 1.29 is 4.79 Å². The van der Waals surface area contributed by atoms with Crippen LogP contribution in [0.4, 0.5) is 0 Å². The molecule has 0 rings (SSSR count). The Kier molecular flexibility index (Phi) is 2.19. The number of hydrogen-bond donors (Lipinski definition) is 0. The normalized spacial score (nSPS) is 8.25. The van der Waals surface area contributed by atoms with Crippen LogP contribution in [0.1, 0.15) is 13.8 Å². The van der Waals surface area contributed by atoms with Crippen LogP contribution in [0.5, 0.6) is 0 Å². The fraction of sp³-hybridized carbons (Fsp3) is 0.286. The molecule has 0 radical (unpaired) electrons. The Balaban J connectivity index is 4.05. The number of carbonyl (C=O) groups is 1. The van der Waals surface area contributed by atoms with Crippen LogP contribution in [0, 0.1) is 0 Å². The smallest absolute Gasteiger partial charge is 0.183 e. The Morgan fingerprint density at radius 2 is 1.38 bits per heavy atom. The van der Waals surface area contributed by atoms with Crippen LogP contribution in [-0.4, -0.2) is 5.78 Å². The van der Waals surface area contributed by atoms with Crippen LogP contribution in [0.15, 0.2) is 24.3 Å². The van der Waals surface area contributed by atoms with Gasteiger partial charge in [0.2, 0.25) is 0 Å². The summed E-state index contributed by atoms with van der Waals surface area (Å²) in [7, 11) is 0. The number of ketones is 1. The lowest BCUT2D eigenvalue weighted by Gasteiger charge is -1.92. The second-order valence-electron chi connectivity index (χ2n) is 1.89. The van der Waals surface area contributed by atoms with E-state index in [9.17, 15) is 4.79 Å². The average Bonchev–Trinajstić information content (AvgIpc) is 1.64. The highest BCUT2D eigenvalue weighted by molar-refractivity contribution is 6.06. The molecule has 0 N–H and O–H groups in total. The molecule has 0 spiro atoms. The summed E-state index contributed by atoms with van der Waals surface area (Å²) in [5.74, 6) is -0.0370. The third kappa shape index (κ3) is 1.73. The Morgan fingerprint density at radius 1 is 1.12 bits per heavy atom. The molecule has 0 atom stereocenters. The van der Waals surface area contributed by atoms with Crippen molar-refractivity contribution in [3.05, 3.63) is 24.3 Å². The van der Waals surface area contributed by atoms with E-state index in [1.807, 2.05) is 0 Å². The van der Waals surface area contributed by atoms with Gasteiger partial charge in [-0.05, 0) is 25.0 Å². The molecule has 44 valence electrons. The first kappa shape index (κ1) is 7.15. The van der Waals surface area contributed by atoms with Crippen molar-refractivity contribution in [2.45, 2.75) is 13.8 Å². The summed E-state index contributed by atoms with van der Waals surface area (Å²) in [4.78, 5) is 10.6. The van der Waals surface area contributed by atoms with Gasteiger partial charge in [0, 0.05) is 0 Å². The quantitative estimate of drug-likeness (QED) is 0.494. The Morgan fingerprint density at radius 3 is 1.38 bits per heavy atom. The van der Waals surface area contributed by atoms with Gasteiger partial charge in [0.15, 0.2) is 5.78 Å². The molecule has 0 aliphatic heterocycles. The van der Waals surface area contributed by atoms with E-state index in [0.717, 1.165) is 0 Å². The van der Waals surface area contributed by atoms with Crippen LogP contribution in [0.25, 0.3) is 0 Å². The number of carbonyl (C=O) groups excluding carboxylic acids is 1. The molecule has 0 aromatic rings. The minimum Gasteiger partial charge on any atom is -0.289 e. The van der Waals surface area contributed by atoms with Crippen molar-refractivity contribution in [2.24, 2.45) is 0 Å². The maximum absolute atomic E-state index is 10.6. The van der Waals surface area contributed by atoms with Crippen LogP contribution in [-0.2, 0) is 4.79 Å². The molecule has 1 nitrogen and oxygen atoms in total. The third-order valence-corrected chi connectivity index (χ3v) is 0.775. The van der Waals surface area contributed by atoms with Gasteiger partial charge < -0.3 is 0 Å². The fourth-order valence-corrected chi connectivity index (χ4v) is 0.364. The number of Topliss-reactive ketones (excluding diaryl/α,β-unsaturated/α-hetero) is 1. The van der Waals surface area contributed by atoms with Crippen molar-refractivity contribution in [1.29, 1.82) is 0 Å². The van der Waals surface area contributed by atoms with Crippen molar-refractivity contribution in [1.82, 2.24) is 0 Å². The molecular weight excluding hydrogens is 100 g/mol. The Labute approximate surface area is 49.7 Å².